The quantitative estimate of drug-likeness (QED) is 0.409. The smallest absolute Gasteiger partial charge is 0.240 e. The third kappa shape index (κ3) is 7.45. The van der Waals surface area contributed by atoms with Crippen LogP contribution in [-0.4, -0.2) is 31.3 Å². The summed E-state index contributed by atoms with van der Waals surface area (Å²) < 4.78 is 43.2. The molecule has 0 saturated carbocycles. The van der Waals surface area contributed by atoms with Crippen LogP contribution in [0.25, 0.3) is 0 Å². The molecule has 1 aromatic rings. The van der Waals surface area contributed by atoms with E-state index in [-0.39, 0.29) is 17.2 Å². The van der Waals surface area contributed by atoms with E-state index in [0.29, 0.717) is 25.7 Å². The van der Waals surface area contributed by atoms with E-state index in [1.54, 1.807) is 18.2 Å². The highest BCUT2D eigenvalue weighted by Gasteiger charge is 2.43. The van der Waals surface area contributed by atoms with Gasteiger partial charge in [0.15, 0.2) is 0 Å². The fourth-order valence-corrected chi connectivity index (χ4v) is 5.13. The molecule has 0 bridgehead atoms. The number of sulfonamides is 1. The van der Waals surface area contributed by atoms with Gasteiger partial charge in [0.25, 0.3) is 0 Å². The first-order valence-corrected chi connectivity index (χ1v) is 12.1. The van der Waals surface area contributed by atoms with Crippen molar-refractivity contribution in [2.75, 3.05) is 0 Å². The largest absolute Gasteiger partial charge is 0.388 e. The number of nitrogens with one attached hydrogen (secondary N) is 1. The molecule has 0 radical (unpaired) electrons. The van der Waals surface area contributed by atoms with Gasteiger partial charge in [0.2, 0.25) is 10.0 Å². The highest BCUT2D eigenvalue weighted by Crippen LogP contribution is 2.33. The Morgan fingerprint density at radius 2 is 1.75 bits per heavy atom. The van der Waals surface area contributed by atoms with Gasteiger partial charge in [-0.05, 0) is 30.9 Å². The first-order chi connectivity index (χ1) is 13.2. The standard InChI is InChI=1S/C22H38FNO3S/c1-5-8-12-16-22(25,17-19(23)13-6-2)21(18(4)7-3)24-28(26,27)20-14-10-9-11-15-20/h9-11,14-15,18-19,21,24-25H,5-8,12-13,16-17H2,1-4H3/t18-,19?,21-,22?/m0/s1. The Balaban J connectivity index is 3.21. The van der Waals surface area contributed by atoms with Gasteiger partial charge in [-0.15, -0.1) is 0 Å². The van der Waals surface area contributed by atoms with Gasteiger partial charge in [-0.3, -0.25) is 0 Å². The second-order valence-electron chi connectivity index (χ2n) is 7.95. The SMILES string of the molecule is CCCCCC(O)(CC(F)CCC)[C@@H](NS(=O)(=O)c1ccccc1)[C@@H](C)CC. The maximum absolute atomic E-state index is 14.6. The summed E-state index contributed by atoms with van der Waals surface area (Å²) in [7, 11) is -3.81. The Morgan fingerprint density at radius 3 is 2.29 bits per heavy atom. The predicted molar refractivity (Wildman–Crippen MR) is 114 cm³/mol. The zero-order chi connectivity index (χ0) is 21.2. The summed E-state index contributed by atoms with van der Waals surface area (Å²) >= 11 is 0. The third-order valence-electron chi connectivity index (χ3n) is 5.52. The Hall–Kier alpha value is -0.980. The molecule has 0 heterocycles. The molecule has 0 fully saturated rings. The lowest BCUT2D eigenvalue weighted by atomic mass is 9.77. The van der Waals surface area contributed by atoms with Crippen molar-refractivity contribution in [2.24, 2.45) is 5.92 Å². The molecule has 0 aliphatic heterocycles. The first-order valence-electron chi connectivity index (χ1n) is 10.6. The summed E-state index contributed by atoms with van der Waals surface area (Å²) in [6.45, 7) is 7.85. The van der Waals surface area contributed by atoms with Crippen LogP contribution in [0.3, 0.4) is 0 Å². The topological polar surface area (TPSA) is 66.4 Å². The number of hydrogen-bond acceptors (Lipinski definition) is 3. The third-order valence-corrected chi connectivity index (χ3v) is 6.97. The van der Waals surface area contributed by atoms with E-state index in [9.17, 15) is 17.9 Å². The van der Waals surface area contributed by atoms with Crippen LogP contribution >= 0.6 is 0 Å². The Bertz CT molecular complexity index is 653. The molecule has 0 aliphatic rings. The van der Waals surface area contributed by atoms with E-state index >= 15 is 0 Å². The van der Waals surface area contributed by atoms with Gasteiger partial charge in [-0.25, -0.2) is 17.5 Å². The van der Waals surface area contributed by atoms with Gasteiger partial charge in [-0.2, -0.15) is 0 Å². The van der Waals surface area contributed by atoms with Crippen LogP contribution in [0.15, 0.2) is 35.2 Å². The molecule has 0 amide bonds. The molecule has 0 aromatic heterocycles. The molecule has 2 unspecified atom stereocenters. The minimum atomic E-state index is -3.81. The molecule has 4 nitrogen and oxygen atoms in total. The monoisotopic (exact) mass is 415 g/mol. The van der Waals surface area contributed by atoms with Gasteiger partial charge in [0.05, 0.1) is 16.5 Å². The average Bonchev–Trinajstić information content (AvgIpc) is 2.66. The molecular formula is C22H38FNO3S. The lowest BCUT2D eigenvalue weighted by Crippen LogP contribution is -2.56. The van der Waals surface area contributed by atoms with Crippen molar-refractivity contribution in [2.45, 2.75) is 102 Å². The maximum Gasteiger partial charge on any atom is 0.240 e. The zero-order valence-corrected chi connectivity index (χ0v) is 18.6. The predicted octanol–water partition coefficient (Wildman–Crippen LogP) is 5.22. The van der Waals surface area contributed by atoms with Crippen molar-refractivity contribution >= 4 is 10.0 Å². The Kier molecular flexibility index (Phi) is 10.6. The fraction of sp³-hybridized carbons (Fsp3) is 0.727. The van der Waals surface area contributed by atoms with E-state index in [1.807, 2.05) is 20.8 Å². The molecule has 2 N–H and O–H groups in total. The van der Waals surface area contributed by atoms with Gasteiger partial charge >= 0.3 is 0 Å². The van der Waals surface area contributed by atoms with E-state index in [2.05, 4.69) is 11.6 Å². The van der Waals surface area contributed by atoms with Crippen LogP contribution < -0.4 is 4.72 Å². The number of unbranched alkanes of at least 4 members (excludes halogenated alkanes) is 2. The molecule has 6 heteroatoms. The number of benzene rings is 1. The van der Waals surface area contributed by atoms with E-state index < -0.39 is 27.8 Å². The molecular weight excluding hydrogens is 377 g/mol. The second-order valence-corrected chi connectivity index (χ2v) is 9.66. The molecule has 0 aliphatic carbocycles. The van der Waals surface area contributed by atoms with Crippen LogP contribution in [0.5, 0.6) is 0 Å². The number of alkyl halides is 1. The summed E-state index contributed by atoms with van der Waals surface area (Å²) in [6.07, 6.45) is 3.58. The molecule has 4 atom stereocenters. The minimum absolute atomic E-state index is 0.0448. The normalized spacial score (nSPS) is 17.6. The number of rotatable bonds is 14. The number of hydrogen-bond donors (Lipinski definition) is 2. The van der Waals surface area contributed by atoms with E-state index in [0.717, 1.165) is 19.3 Å². The van der Waals surface area contributed by atoms with Gasteiger partial charge < -0.3 is 5.11 Å². The first kappa shape index (κ1) is 25.1. The molecule has 28 heavy (non-hydrogen) atoms. The minimum Gasteiger partial charge on any atom is -0.388 e. The lowest BCUT2D eigenvalue weighted by Gasteiger charge is -2.41. The van der Waals surface area contributed by atoms with E-state index in [1.165, 1.54) is 12.1 Å². The Labute approximate surface area is 171 Å². The molecule has 162 valence electrons. The zero-order valence-electron chi connectivity index (χ0n) is 17.8. The van der Waals surface area contributed by atoms with Crippen molar-refractivity contribution < 1.29 is 17.9 Å². The van der Waals surface area contributed by atoms with Crippen molar-refractivity contribution in [3.63, 3.8) is 0 Å². The van der Waals surface area contributed by atoms with Crippen molar-refractivity contribution in [1.82, 2.24) is 4.72 Å². The summed E-state index contributed by atoms with van der Waals surface area (Å²) in [6, 6.07) is 7.40. The maximum atomic E-state index is 14.6. The van der Waals surface area contributed by atoms with Crippen molar-refractivity contribution in [3.8, 4) is 0 Å². The van der Waals surface area contributed by atoms with Gasteiger partial charge in [-0.1, -0.05) is 78.0 Å². The van der Waals surface area contributed by atoms with Crippen LogP contribution in [0.4, 0.5) is 4.39 Å². The second kappa shape index (κ2) is 11.9. The lowest BCUT2D eigenvalue weighted by molar-refractivity contribution is -0.0434. The van der Waals surface area contributed by atoms with Crippen LogP contribution in [-0.2, 0) is 10.0 Å². The van der Waals surface area contributed by atoms with Crippen LogP contribution in [0.2, 0.25) is 0 Å². The number of halogens is 1. The molecule has 0 spiro atoms. The summed E-state index contributed by atoms with van der Waals surface area (Å²) in [5, 5.41) is 11.5. The van der Waals surface area contributed by atoms with Gasteiger partial charge in [0, 0.05) is 6.42 Å². The molecule has 1 aromatic carbocycles. The summed E-state index contributed by atoms with van der Waals surface area (Å²) in [4.78, 5) is 0.157. The van der Waals surface area contributed by atoms with Gasteiger partial charge in [0.1, 0.15) is 6.17 Å². The highest BCUT2D eigenvalue weighted by molar-refractivity contribution is 7.89. The average molecular weight is 416 g/mol. The Morgan fingerprint density at radius 1 is 1.11 bits per heavy atom. The fourth-order valence-electron chi connectivity index (χ4n) is 3.69. The molecule has 1 rings (SSSR count). The van der Waals surface area contributed by atoms with E-state index in [4.69, 9.17) is 0 Å². The number of aliphatic hydroxyl groups is 1. The van der Waals surface area contributed by atoms with Crippen LogP contribution in [0.1, 0.15) is 79.1 Å². The van der Waals surface area contributed by atoms with Crippen molar-refractivity contribution in [1.29, 1.82) is 0 Å². The van der Waals surface area contributed by atoms with Crippen LogP contribution in [0, 0.1) is 5.92 Å². The van der Waals surface area contributed by atoms with Crippen molar-refractivity contribution in [3.05, 3.63) is 30.3 Å². The summed E-state index contributed by atoms with van der Waals surface area (Å²) in [5.41, 5.74) is -1.42. The summed E-state index contributed by atoms with van der Waals surface area (Å²) in [5.74, 6) is -0.126. The molecule has 0 saturated heterocycles. The highest BCUT2D eigenvalue weighted by atomic mass is 32.2.